The fourth-order valence-electron chi connectivity index (χ4n) is 3.33. The first kappa shape index (κ1) is 37.8. The van der Waals surface area contributed by atoms with E-state index in [4.69, 9.17) is 45.3 Å². The van der Waals surface area contributed by atoms with Crippen LogP contribution in [-0.2, 0) is 35.2 Å². The second-order valence-electron chi connectivity index (χ2n) is 8.83. The normalized spacial score (nSPS) is 10.9. The Morgan fingerprint density at radius 1 is 0.907 bits per heavy atom. The third kappa shape index (κ3) is 19.6. The van der Waals surface area contributed by atoms with Gasteiger partial charge in [0.1, 0.15) is 12.4 Å². The minimum Gasteiger partial charge on any atom is -1.00 e. The number of benzene rings is 1. The first-order valence-electron chi connectivity index (χ1n) is 13.8. The van der Waals surface area contributed by atoms with E-state index >= 15 is 0 Å². The third-order valence-electron chi connectivity index (χ3n) is 5.50. The van der Waals surface area contributed by atoms with Gasteiger partial charge >= 0.3 is 5.97 Å². The van der Waals surface area contributed by atoms with Gasteiger partial charge in [-0.1, -0.05) is 18.0 Å². The number of carbonyl (C=O) groups excluding carboxylic acids is 1. The van der Waals surface area contributed by atoms with Crippen molar-refractivity contribution < 1.29 is 50.2 Å². The first-order valence-corrected chi connectivity index (χ1v) is 14.2. The van der Waals surface area contributed by atoms with Crippen molar-refractivity contribution in [1.29, 1.82) is 5.26 Å². The standard InChI is InChI=1S/C29H40ClN5O7.ClH/c1-37-16-17-38-18-19-39-20-21-40-22-28(36)42-24-35-13-10-26(11-14-35)34-29(33-23-31)32-12-4-2-3-5-15-41-27-8-6-25(30)7-9-27;/h6-11,13-14H,2-5,12,15-22,24H2,1H3,(H,32,33);1H. The van der Waals surface area contributed by atoms with Gasteiger partial charge in [-0.3, -0.25) is 10.3 Å². The summed E-state index contributed by atoms with van der Waals surface area (Å²) in [6, 6.07) is 10.9. The minimum absolute atomic E-state index is 0. The Bertz CT molecular complexity index is 1070. The van der Waals surface area contributed by atoms with Crippen molar-refractivity contribution in [1.82, 2.24) is 5.32 Å². The Kier molecular flexibility index (Phi) is 22.3. The number of nitriles is 1. The third-order valence-corrected chi connectivity index (χ3v) is 5.76. The molecule has 0 saturated carbocycles. The maximum Gasteiger partial charge on any atom is 0.336 e. The average molecular weight is 643 g/mol. The van der Waals surface area contributed by atoms with E-state index in [2.05, 4.69) is 15.6 Å². The number of rotatable bonds is 22. The number of esters is 1. The van der Waals surface area contributed by atoms with Crippen LogP contribution in [-0.4, -0.2) is 78.4 Å². The van der Waals surface area contributed by atoms with Crippen LogP contribution in [0.25, 0.3) is 0 Å². The van der Waals surface area contributed by atoms with Crippen LogP contribution in [0.2, 0.25) is 5.02 Å². The molecule has 0 saturated heterocycles. The number of hydrogen-bond donors (Lipinski definition) is 2. The molecule has 0 bridgehead atoms. The van der Waals surface area contributed by atoms with Crippen LogP contribution < -0.4 is 32.3 Å². The van der Waals surface area contributed by atoms with Gasteiger partial charge in [0, 0.05) is 30.8 Å². The summed E-state index contributed by atoms with van der Waals surface area (Å²) >= 11 is 5.88. The molecule has 43 heavy (non-hydrogen) atoms. The fourth-order valence-corrected chi connectivity index (χ4v) is 3.46. The number of anilines is 1. The molecule has 0 aliphatic heterocycles. The van der Waals surface area contributed by atoms with E-state index in [0.29, 0.717) is 57.2 Å². The number of nitrogens with one attached hydrogen (secondary N) is 2. The molecule has 2 rings (SSSR count). The lowest BCUT2D eigenvalue weighted by molar-refractivity contribution is -0.727. The predicted molar refractivity (Wildman–Crippen MR) is 157 cm³/mol. The van der Waals surface area contributed by atoms with Crippen molar-refractivity contribution >= 4 is 29.2 Å². The highest BCUT2D eigenvalue weighted by atomic mass is 35.5. The quantitative estimate of drug-likeness (QED) is 0.0351. The summed E-state index contributed by atoms with van der Waals surface area (Å²) in [7, 11) is 1.62. The SMILES string of the molecule is COCCOCCOCCOCC(=O)OC[n+]1ccc(NC(=NCCCCCCOc2ccc(Cl)cc2)NC#N)cc1.[Cl-]. The molecular weight excluding hydrogens is 601 g/mol. The Morgan fingerprint density at radius 2 is 1.56 bits per heavy atom. The van der Waals surface area contributed by atoms with Crippen molar-refractivity contribution in [2.45, 2.75) is 32.4 Å². The van der Waals surface area contributed by atoms with Gasteiger partial charge in [-0.15, -0.1) is 0 Å². The number of pyridine rings is 1. The van der Waals surface area contributed by atoms with E-state index in [1.807, 2.05) is 30.5 Å². The molecule has 2 N–H and O–H groups in total. The first-order chi connectivity index (χ1) is 20.6. The summed E-state index contributed by atoms with van der Waals surface area (Å²) in [5.41, 5.74) is 0.728. The van der Waals surface area contributed by atoms with Gasteiger partial charge in [-0.2, -0.15) is 9.83 Å². The predicted octanol–water partition coefficient (Wildman–Crippen LogP) is 0.306. The number of guanidine groups is 1. The summed E-state index contributed by atoms with van der Waals surface area (Å²) in [6.45, 7) is 3.74. The topological polar surface area (TPSA) is 137 Å². The molecular formula is C29H41Cl2N5O7. The van der Waals surface area contributed by atoms with Crippen LogP contribution in [0.4, 0.5) is 5.69 Å². The van der Waals surface area contributed by atoms with E-state index in [1.54, 1.807) is 36.2 Å². The summed E-state index contributed by atoms with van der Waals surface area (Å²) in [5, 5.41) is 15.4. The number of aliphatic imine (C=N–C) groups is 1. The van der Waals surface area contributed by atoms with Crippen molar-refractivity contribution in [2.24, 2.45) is 4.99 Å². The number of carbonyl (C=O) groups is 1. The molecule has 0 radical (unpaired) electrons. The summed E-state index contributed by atoms with van der Waals surface area (Å²) in [5.74, 6) is 0.705. The zero-order valence-corrected chi connectivity index (χ0v) is 26.0. The summed E-state index contributed by atoms with van der Waals surface area (Å²) in [4.78, 5) is 16.3. The van der Waals surface area contributed by atoms with Gasteiger partial charge in [0.25, 0.3) is 6.73 Å². The van der Waals surface area contributed by atoms with E-state index in [1.165, 1.54) is 0 Å². The minimum atomic E-state index is -0.477. The van der Waals surface area contributed by atoms with Gasteiger partial charge in [-0.25, -0.2) is 4.79 Å². The molecule has 0 aliphatic rings. The van der Waals surface area contributed by atoms with Gasteiger partial charge in [0.2, 0.25) is 5.96 Å². The van der Waals surface area contributed by atoms with E-state index in [0.717, 1.165) is 37.1 Å². The van der Waals surface area contributed by atoms with Crippen molar-refractivity contribution in [3.05, 3.63) is 53.8 Å². The number of unbranched alkanes of at least 4 members (excludes halogenated alkanes) is 3. The molecule has 238 valence electrons. The Hall–Kier alpha value is -3.18. The van der Waals surface area contributed by atoms with E-state index in [9.17, 15) is 4.79 Å². The molecule has 0 amide bonds. The monoisotopic (exact) mass is 641 g/mol. The van der Waals surface area contributed by atoms with Crippen LogP contribution >= 0.6 is 11.6 Å². The molecule has 14 heteroatoms. The van der Waals surface area contributed by atoms with Crippen LogP contribution in [0.3, 0.4) is 0 Å². The molecule has 1 aromatic carbocycles. The number of aromatic nitrogens is 1. The fraction of sp³-hybridized carbons (Fsp3) is 0.517. The maximum atomic E-state index is 11.9. The number of methoxy groups -OCH3 is 1. The largest absolute Gasteiger partial charge is 1.00 e. The Balaban J connectivity index is 0.00000924. The lowest BCUT2D eigenvalue weighted by Crippen LogP contribution is -3.00. The lowest BCUT2D eigenvalue weighted by Gasteiger charge is -2.08. The molecule has 0 fully saturated rings. The van der Waals surface area contributed by atoms with Crippen molar-refractivity contribution in [3.8, 4) is 11.9 Å². The second kappa shape index (κ2) is 25.3. The van der Waals surface area contributed by atoms with Crippen LogP contribution in [0.15, 0.2) is 53.8 Å². The zero-order valence-electron chi connectivity index (χ0n) is 24.5. The maximum absolute atomic E-state index is 11.9. The summed E-state index contributed by atoms with van der Waals surface area (Å²) in [6.07, 6.45) is 9.25. The molecule has 0 aliphatic carbocycles. The van der Waals surface area contributed by atoms with E-state index in [-0.39, 0.29) is 32.4 Å². The molecule has 2 aromatic rings. The van der Waals surface area contributed by atoms with Gasteiger partial charge in [0.15, 0.2) is 18.6 Å². The highest BCUT2D eigenvalue weighted by Gasteiger charge is 2.08. The molecule has 0 unspecified atom stereocenters. The van der Waals surface area contributed by atoms with Crippen LogP contribution in [0, 0.1) is 11.5 Å². The summed E-state index contributed by atoms with van der Waals surface area (Å²) < 4.78 is 33.4. The van der Waals surface area contributed by atoms with Gasteiger partial charge in [-0.05, 0) is 43.5 Å². The van der Waals surface area contributed by atoms with Gasteiger partial charge in [0.05, 0.1) is 51.9 Å². The lowest BCUT2D eigenvalue weighted by atomic mass is 10.2. The number of ether oxygens (including phenoxy) is 6. The van der Waals surface area contributed by atoms with Gasteiger partial charge < -0.3 is 46.1 Å². The van der Waals surface area contributed by atoms with Crippen LogP contribution in [0.5, 0.6) is 5.75 Å². The molecule has 12 nitrogen and oxygen atoms in total. The number of nitrogens with zero attached hydrogens (tertiary/aromatic N) is 3. The zero-order chi connectivity index (χ0) is 30.1. The molecule has 1 heterocycles. The molecule has 1 aromatic heterocycles. The highest BCUT2D eigenvalue weighted by molar-refractivity contribution is 6.30. The van der Waals surface area contributed by atoms with Crippen molar-refractivity contribution in [2.75, 3.05) is 71.8 Å². The average Bonchev–Trinajstić information content (AvgIpc) is 3.00. The van der Waals surface area contributed by atoms with E-state index < -0.39 is 5.97 Å². The Labute approximate surface area is 264 Å². The smallest absolute Gasteiger partial charge is 0.336 e. The van der Waals surface area contributed by atoms with Crippen molar-refractivity contribution in [3.63, 3.8) is 0 Å². The highest BCUT2D eigenvalue weighted by Crippen LogP contribution is 2.16. The second-order valence-corrected chi connectivity index (χ2v) is 9.26. The Morgan fingerprint density at radius 3 is 2.23 bits per heavy atom. The number of halogens is 2. The van der Waals surface area contributed by atoms with Crippen LogP contribution in [0.1, 0.15) is 25.7 Å². The number of hydrogen-bond acceptors (Lipinski definition) is 9. The molecule has 0 atom stereocenters. The molecule has 0 spiro atoms.